The Balaban J connectivity index is 2.64. The molecule has 11 heteroatoms. The zero-order valence-corrected chi connectivity index (χ0v) is 16.4. The quantitative estimate of drug-likeness (QED) is 0.344. The molecule has 0 aliphatic heterocycles. The van der Waals surface area contributed by atoms with Gasteiger partial charge in [-0.05, 0) is 29.8 Å². The van der Waals surface area contributed by atoms with E-state index >= 15 is 0 Å². The predicted octanol–water partition coefficient (Wildman–Crippen LogP) is 7.68. The maximum Gasteiger partial charge on any atom is 0.432 e. The van der Waals surface area contributed by atoms with E-state index in [4.69, 9.17) is 23.2 Å². The van der Waals surface area contributed by atoms with Crippen LogP contribution >= 0.6 is 39.1 Å². The molecule has 0 unspecified atom stereocenters. The first-order valence-corrected chi connectivity index (χ1v) is 8.70. The lowest BCUT2D eigenvalue weighted by atomic mass is 10.0. The number of halogens is 9. The van der Waals surface area contributed by atoms with Gasteiger partial charge in [-0.2, -0.15) is 31.6 Å². The summed E-state index contributed by atoms with van der Waals surface area (Å²) in [5, 5.41) is 9.79. The Labute approximate surface area is 173 Å². The number of benzene rings is 2. The van der Waals surface area contributed by atoms with E-state index in [1.807, 2.05) is 5.32 Å². The van der Waals surface area contributed by atoms with Gasteiger partial charge in [-0.15, -0.1) is 0 Å². The lowest BCUT2D eigenvalue weighted by Gasteiger charge is -2.19. The Morgan fingerprint density at radius 3 is 1.86 bits per heavy atom. The van der Waals surface area contributed by atoms with Crippen LogP contribution in [0.5, 0.6) is 0 Å². The van der Waals surface area contributed by atoms with E-state index < -0.39 is 44.9 Å². The number of alkyl halides is 6. The van der Waals surface area contributed by atoms with Crippen molar-refractivity contribution in [2.75, 3.05) is 5.32 Å². The molecule has 0 radical (unpaired) electrons. The van der Waals surface area contributed by atoms with Gasteiger partial charge in [0.05, 0.1) is 26.9 Å². The molecule has 28 heavy (non-hydrogen) atoms. The molecule has 0 fully saturated rings. The summed E-state index contributed by atoms with van der Waals surface area (Å²) >= 11 is 14.6. The van der Waals surface area contributed by atoms with Crippen LogP contribution in [0.4, 0.5) is 32.0 Å². The maximum absolute atomic E-state index is 13.6. The van der Waals surface area contributed by atoms with E-state index in [1.54, 1.807) is 0 Å². The number of nitrogens with zero attached hydrogens (tertiary/aromatic N) is 1. The molecule has 0 aliphatic rings. The van der Waals surface area contributed by atoms with Gasteiger partial charge in [0.25, 0.3) is 0 Å². The topological polar surface area (TPSA) is 35.8 Å². The van der Waals surface area contributed by atoms with Gasteiger partial charge in [-0.3, -0.25) is 0 Å². The molecule has 0 amide bonds. The Kier molecular flexibility index (Phi) is 6.58. The zero-order chi connectivity index (χ0) is 21.3. The first-order chi connectivity index (χ1) is 12.8. The summed E-state index contributed by atoms with van der Waals surface area (Å²) in [5.74, 6) is 0. The summed E-state index contributed by atoms with van der Waals surface area (Å²) in [7, 11) is 0. The summed E-state index contributed by atoms with van der Waals surface area (Å²) in [6.45, 7) is 0. The minimum atomic E-state index is -5.05. The number of allylic oxidation sites excluding steroid dienone is 2. The molecular formula is C17H7BrCl2F6N2. The van der Waals surface area contributed by atoms with Crippen LogP contribution in [0.1, 0.15) is 11.1 Å². The van der Waals surface area contributed by atoms with Crippen LogP contribution in [0.2, 0.25) is 10.0 Å². The third-order valence-corrected chi connectivity index (χ3v) is 4.52. The fourth-order valence-electron chi connectivity index (χ4n) is 2.14. The lowest BCUT2D eigenvalue weighted by Crippen LogP contribution is -2.21. The van der Waals surface area contributed by atoms with Crippen molar-refractivity contribution in [3.05, 3.63) is 67.7 Å². The van der Waals surface area contributed by atoms with Crippen molar-refractivity contribution >= 4 is 50.4 Å². The average molecular weight is 504 g/mol. The molecule has 2 aromatic rings. The van der Waals surface area contributed by atoms with E-state index in [1.165, 1.54) is 30.3 Å². The standard InChI is InChI=1S/C17H7BrCl2F6N2/c18-10-3-1-8(2-4-10)11(7-27)15(17(24,25)26)28-14-12(19)5-9(6-13(14)20)16(21,22)23/h1-6,28H/b15-11+. The van der Waals surface area contributed by atoms with Crippen LogP contribution in [0, 0.1) is 11.3 Å². The van der Waals surface area contributed by atoms with Gasteiger partial charge in [0.15, 0.2) is 0 Å². The Hall–Kier alpha value is -1.89. The normalized spacial score (nSPS) is 13.0. The molecule has 0 aromatic heterocycles. The fourth-order valence-corrected chi connectivity index (χ4v) is 2.98. The molecule has 0 aliphatic carbocycles. The molecule has 2 nitrogen and oxygen atoms in total. The second kappa shape index (κ2) is 8.23. The summed E-state index contributed by atoms with van der Waals surface area (Å²) in [5.41, 5.74) is -4.19. The molecular weight excluding hydrogens is 497 g/mol. The Morgan fingerprint density at radius 2 is 1.46 bits per heavy atom. The van der Waals surface area contributed by atoms with Gasteiger partial charge in [0.2, 0.25) is 0 Å². The Bertz CT molecular complexity index is 937. The monoisotopic (exact) mass is 502 g/mol. The third kappa shape index (κ3) is 5.13. The highest BCUT2D eigenvalue weighted by molar-refractivity contribution is 9.10. The highest BCUT2D eigenvalue weighted by Gasteiger charge is 2.39. The molecule has 1 N–H and O–H groups in total. The minimum Gasteiger partial charge on any atom is -0.348 e. The minimum absolute atomic E-state index is 0.0651. The van der Waals surface area contributed by atoms with Crippen molar-refractivity contribution in [1.82, 2.24) is 0 Å². The molecule has 0 heterocycles. The van der Waals surface area contributed by atoms with Crippen molar-refractivity contribution in [2.24, 2.45) is 0 Å². The highest BCUT2D eigenvalue weighted by Crippen LogP contribution is 2.41. The van der Waals surface area contributed by atoms with Crippen LogP contribution in [0.25, 0.3) is 5.57 Å². The largest absolute Gasteiger partial charge is 0.432 e. The Morgan fingerprint density at radius 1 is 0.964 bits per heavy atom. The van der Waals surface area contributed by atoms with Gasteiger partial charge in [-0.1, -0.05) is 51.3 Å². The van der Waals surface area contributed by atoms with E-state index in [0.29, 0.717) is 16.6 Å². The highest BCUT2D eigenvalue weighted by atomic mass is 79.9. The second-order valence-corrected chi connectivity index (χ2v) is 7.03. The second-order valence-electron chi connectivity index (χ2n) is 5.30. The van der Waals surface area contributed by atoms with E-state index in [9.17, 15) is 31.6 Å². The number of nitriles is 1. The summed E-state index contributed by atoms with van der Waals surface area (Å²) in [4.78, 5) is 0. The molecule has 2 aromatic carbocycles. The maximum atomic E-state index is 13.6. The SMILES string of the molecule is N#C/C(=C(\Nc1c(Cl)cc(C(F)(F)F)cc1Cl)C(F)(F)F)c1ccc(Br)cc1. The van der Waals surface area contributed by atoms with Crippen LogP contribution in [0.3, 0.4) is 0 Å². The van der Waals surface area contributed by atoms with Crippen molar-refractivity contribution < 1.29 is 26.3 Å². The molecule has 0 bridgehead atoms. The summed E-state index contributed by atoms with van der Waals surface area (Å²) in [6, 6.07) is 7.73. The number of rotatable bonds is 3. The predicted molar refractivity (Wildman–Crippen MR) is 97.8 cm³/mol. The zero-order valence-electron chi connectivity index (χ0n) is 13.3. The van der Waals surface area contributed by atoms with Gasteiger partial charge in [0.1, 0.15) is 11.8 Å². The lowest BCUT2D eigenvalue weighted by molar-refractivity contribution is -0.137. The number of hydrogen-bond donors (Lipinski definition) is 1. The van der Waals surface area contributed by atoms with Gasteiger partial charge >= 0.3 is 12.4 Å². The van der Waals surface area contributed by atoms with Gasteiger partial charge in [-0.25, -0.2) is 0 Å². The smallest absolute Gasteiger partial charge is 0.348 e. The van der Waals surface area contributed by atoms with Gasteiger partial charge in [0, 0.05) is 4.47 Å². The van der Waals surface area contributed by atoms with Crippen LogP contribution in [-0.2, 0) is 6.18 Å². The molecule has 0 saturated carbocycles. The third-order valence-electron chi connectivity index (χ3n) is 3.40. The van der Waals surface area contributed by atoms with Crippen LogP contribution < -0.4 is 5.32 Å². The molecule has 2 rings (SSSR count). The van der Waals surface area contributed by atoms with Crippen molar-refractivity contribution in [1.29, 1.82) is 5.26 Å². The average Bonchev–Trinajstić information content (AvgIpc) is 2.56. The molecule has 0 saturated heterocycles. The van der Waals surface area contributed by atoms with Crippen LogP contribution in [-0.4, -0.2) is 6.18 Å². The summed E-state index contributed by atoms with van der Waals surface area (Å²) < 4.78 is 79.7. The molecule has 0 spiro atoms. The van der Waals surface area contributed by atoms with Crippen molar-refractivity contribution in [2.45, 2.75) is 12.4 Å². The summed E-state index contributed by atoms with van der Waals surface area (Å²) in [6.07, 6.45) is -9.84. The van der Waals surface area contributed by atoms with Crippen molar-refractivity contribution in [3.63, 3.8) is 0 Å². The van der Waals surface area contributed by atoms with E-state index in [0.717, 1.165) is 0 Å². The first kappa shape index (κ1) is 22.4. The van der Waals surface area contributed by atoms with Crippen molar-refractivity contribution in [3.8, 4) is 6.07 Å². The van der Waals surface area contributed by atoms with E-state index in [-0.39, 0.29) is 5.56 Å². The van der Waals surface area contributed by atoms with E-state index in [2.05, 4.69) is 15.9 Å². The number of nitrogens with one attached hydrogen (secondary N) is 1. The fraction of sp³-hybridized carbons (Fsp3) is 0.118. The van der Waals surface area contributed by atoms with Gasteiger partial charge < -0.3 is 5.32 Å². The number of hydrogen-bond acceptors (Lipinski definition) is 2. The first-order valence-electron chi connectivity index (χ1n) is 7.15. The van der Waals surface area contributed by atoms with Crippen LogP contribution in [0.15, 0.2) is 46.6 Å². The number of anilines is 1. The molecule has 148 valence electrons. The molecule has 0 atom stereocenters.